The van der Waals surface area contributed by atoms with Gasteiger partial charge in [0.2, 0.25) is 0 Å². The van der Waals surface area contributed by atoms with E-state index >= 15 is 0 Å². The first kappa shape index (κ1) is 20.0. The van der Waals surface area contributed by atoms with Crippen molar-refractivity contribution >= 4 is 17.6 Å². The summed E-state index contributed by atoms with van der Waals surface area (Å²) in [5.41, 5.74) is 2.68. The Morgan fingerprint density at radius 2 is 1.86 bits per heavy atom. The van der Waals surface area contributed by atoms with Crippen molar-refractivity contribution in [3.05, 3.63) is 54.0 Å². The maximum absolute atomic E-state index is 12.5. The molecule has 0 atom stereocenters. The highest BCUT2D eigenvalue weighted by Crippen LogP contribution is 2.24. The molecule has 6 nitrogen and oxygen atoms in total. The molecule has 1 aliphatic rings. The summed E-state index contributed by atoms with van der Waals surface area (Å²) >= 11 is 0. The molecular formula is C22H28N2O4. The van der Waals surface area contributed by atoms with Gasteiger partial charge < -0.3 is 19.0 Å². The Labute approximate surface area is 166 Å². The van der Waals surface area contributed by atoms with Gasteiger partial charge in [-0.25, -0.2) is 0 Å². The molecular weight excluding hydrogens is 356 g/mol. The lowest BCUT2D eigenvalue weighted by Gasteiger charge is -2.30. The Kier molecular flexibility index (Phi) is 6.74. The lowest BCUT2D eigenvalue weighted by Crippen LogP contribution is -2.40. The fourth-order valence-corrected chi connectivity index (χ4v) is 3.66. The lowest BCUT2D eigenvalue weighted by atomic mass is 9.96. The first-order chi connectivity index (χ1) is 13.6. The number of furan rings is 1. The largest absolute Gasteiger partial charge is 0.472 e. The van der Waals surface area contributed by atoms with Crippen molar-refractivity contribution in [2.75, 3.05) is 31.1 Å². The molecule has 0 N–H and O–H groups in total. The molecule has 0 unspecified atom stereocenters. The van der Waals surface area contributed by atoms with E-state index < -0.39 is 0 Å². The van der Waals surface area contributed by atoms with E-state index in [1.54, 1.807) is 11.0 Å². The first-order valence-electron chi connectivity index (χ1n) is 9.95. The molecule has 0 bridgehead atoms. The van der Waals surface area contributed by atoms with Crippen LogP contribution in [0, 0.1) is 5.92 Å². The number of carbonyl (C=O) groups excluding carboxylic acids is 2. The number of hydrogen-bond acceptors (Lipinski definition) is 5. The number of nitrogens with zero attached hydrogens (tertiary/aromatic N) is 2. The number of carbonyl (C=O) groups is 2. The molecule has 0 spiro atoms. The Morgan fingerprint density at radius 3 is 2.50 bits per heavy atom. The summed E-state index contributed by atoms with van der Waals surface area (Å²) in [6.07, 6.45) is 4.20. The van der Waals surface area contributed by atoms with Crippen LogP contribution in [0.15, 0.2) is 47.3 Å². The molecule has 2 aromatic rings. The quantitative estimate of drug-likeness (QED) is 0.681. The molecule has 0 radical (unpaired) electrons. The van der Waals surface area contributed by atoms with Gasteiger partial charge >= 0.3 is 5.97 Å². The molecule has 3 rings (SSSR count). The highest BCUT2D eigenvalue weighted by atomic mass is 16.5. The number of amides is 1. The standard InChI is InChI=1S/C22H28N2O4/c1-3-23(4-2)20-8-6-5-7-18(20)16-28-22(26)17-9-12-24(13-10-17)21(25)19-11-14-27-15-19/h5-8,11,14-15,17H,3-4,9-10,12-13,16H2,1-2H3. The second-order valence-corrected chi connectivity index (χ2v) is 6.99. The van der Waals surface area contributed by atoms with Crippen LogP contribution in [-0.2, 0) is 16.1 Å². The van der Waals surface area contributed by atoms with Crippen molar-refractivity contribution in [2.45, 2.75) is 33.3 Å². The number of likely N-dealkylation sites (tertiary alicyclic amines) is 1. The topological polar surface area (TPSA) is 63.0 Å². The van der Waals surface area contributed by atoms with Crippen LogP contribution in [-0.4, -0.2) is 43.0 Å². The van der Waals surface area contributed by atoms with Crippen molar-refractivity contribution in [2.24, 2.45) is 5.92 Å². The highest BCUT2D eigenvalue weighted by molar-refractivity contribution is 5.94. The van der Waals surface area contributed by atoms with E-state index in [1.165, 1.54) is 12.5 Å². The van der Waals surface area contributed by atoms with Crippen LogP contribution in [0.2, 0.25) is 0 Å². The number of piperidine rings is 1. The van der Waals surface area contributed by atoms with Gasteiger partial charge in [-0.05, 0) is 38.8 Å². The van der Waals surface area contributed by atoms with Crippen LogP contribution in [0.4, 0.5) is 5.69 Å². The molecule has 150 valence electrons. The number of ether oxygens (including phenoxy) is 1. The molecule has 1 aromatic heterocycles. The van der Waals surface area contributed by atoms with Crippen LogP contribution in [0.3, 0.4) is 0 Å². The molecule has 1 aromatic carbocycles. The van der Waals surface area contributed by atoms with Crippen molar-refractivity contribution < 1.29 is 18.7 Å². The predicted molar refractivity (Wildman–Crippen MR) is 107 cm³/mol. The molecule has 1 fully saturated rings. The van der Waals surface area contributed by atoms with Crippen LogP contribution in [0.1, 0.15) is 42.6 Å². The van der Waals surface area contributed by atoms with Crippen LogP contribution >= 0.6 is 0 Å². The zero-order chi connectivity index (χ0) is 19.9. The van der Waals surface area contributed by atoms with Gasteiger partial charge in [0.25, 0.3) is 5.91 Å². The summed E-state index contributed by atoms with van der Waals surface area (Å²) in [5, 5.41) is 0. The van der Waals surface area contributed by atoms with E-state index in [9.17, 15) is 9.59 Å². The molecule has 28 heavy (non-hydrogen) atoms. The minimum absolute atomic E-state index is 0.0475. The van der Waals surface area contributed by atoms with Gasteiger partial charge in [-0.15, -0.1) is 0 Å². The van der Waals surface area contributed by atoms with Gasteiger partial charge in [0.15, 0.2) is 0 Å². The summed E-state index contributed by atoms with van der Waals surface area (Å²) in [6.45, 7) is 7.43. The molecule has 0 saturated carbocycles. The number of anilines is 1. The van der Waals surface area contributed by atoms with Gasteiger partial charge in [-0.1, -0.05) is 18.2 Å². The molecule has 1 saturated heterocycles. The number of para-hydroxylation sites is 1. The summed E-state index contributed by atoms with van der Waals surface area (Å²) in [6, 6.07) is 9.71. The van der Waals surface area contributed by atoms with E-state index in [0.29, 0.717) is 31.5 Å². The number of benzene rings is 1. The van der Waals surface area contributed by atoms with E-state index in [2.05, 4.69) is 24.8 Å². The summed E-state index contributed by atoms with van der Waals surface area (Å²) < 4.78 is 10.6. The van der Waals surface area contributed by atoms with Gasteiger partial charge in [-0.3, -0.25) is 9.59 Å². The predicted octanol–water partition coefficient (Wildman–Crippen LogP) is 3.72. The average Bonchev–Trinajstić information content (AvgIpc) is 3.28. The SMILES string of the molecule is CCN(CC)c1ccccc1COC(=O)C1CCN(C(=O)c2ccoc2)CC1. The molecule has 2 heterocycles. The smallest absolute Gasteiger partial charge is 0.309 e. The first-order valence-corrected chi connectivity index (χ1v) is 9.95. The van der Waals surface area contributed by atoms with Gasteiger partial charge in [0.1, 0.15) is 12.9 Å². The Morgan fingerprint density at radius 1 is 1.14 bits per heavy atom. The van der Waals surface area contributed by atoms with Crippen LogP contribution < -0.4 is 4.90 Å². The zero-order valence-corrected chi connectivity index (χ0v) is 16.6. The molecule has 1 amide bonds. The Bertz CT molecular complexity index is 776. The van der Waals surface area contributed by atoms with Gasteiger partial charge in [0, 0.05) is 37.4 Å². The second-order valence-electron chi connectivity index (χ2n) is 6.99. The van der Waals surface area contributed by atoms with Crippen molar-refractivity contribution in [1.82, 2.24) is 4.90 Å². The van der Waals surface area contributed by atoms with E-state index in [-0.39, 0.29) is 24.4 Å². The molecule has 6 heteroatoms. The third-order valence-corrected chi connectivity index (χ3v) is 5.35. The van der Waals surface area contributed by atoms with Crippen LogP contribution in [0.25, 0.3) is 0 Å². The monoisotopic (exact) mass is 384 g/mol. The minimum atomic E-state index is -0.176. The fourth-order valence-electron chi connectivity index (χ4n) is 3.66. The number of rotatable bonds is 7. The minimum Gasteiger partial charge on any atom is -0.472 e. The zero-order valence-electron chi connectivity index (χ0n) is 16.6. The number of hydrogen-bond donors (Lipinski definition) is 0. The normalized spacial score (nSPS) is 14.7. The van der Waals surface area contributed by atoms with Gasteiger partial charge in [0.05, 0.1) is 17.7 Å². The van der Waals surface area contributed by atoms with Crippen molar-refractivity contribution in [1.29, 1.82) is 0 Å². The van der Waals surface area contributed by atoms with Crippen molar-refractivity contribution in [3.63, 3.8) is 0 Å². The maximum atomic E-state index is 12.5. The second kappa shape index (κ2) is 9.44. The lowest BCUT2D eigenvalue weighted by molar-refractivity contribution is -0.151. The maximum Gasteiger partial charge on any atom is 0.309 e. The molecule has 0 aliphatic carbocycles. The van der Waals surface area contributed by atoms with E-state index in [4.69, 9.17) is 9.15 Å². The summed E-state index contributed by atoms with van der Waals surface area (Å²) in [5.74, 6) is -0.382. The third kappa shape index (κ3) is 4.55. The van der Waals surface area contributed by atoms with Crippen LogP contribution in [0.5, 0.6) is 0 Å². The summed E-state index contributed by atoms with van der Waals surface area (Å²) in [4.78, 5) is 28.9. The number of esters is 1. The third-order valence-electron chi connectivity index (χ3n) is 5.35. The van der Waals surface area contributed by atoms with E-state index in [0.717, 1.165) is 24.3 Å². The fraction of sp³-hybridized carbons (Fsp3) is 0.455. The van der Waals surface area contributed by atoms with Gasteiger partial charge in [-0.2, -0.15) is 0 Å². The Hall–Kier alpha value is -2.76. The Balaban J connectivity index is 1.52. The highest BCUT2D eigenvalue weighted by Gasteiger charge is 2.29. The average molecular weight is 384 g/mol. The van der Waals surface area contributed by atoms with Crippen molar-refractivity contribution in [3.8, 4) is 0 Å². The molecule has 1 aliphatic heterocycles. The van der Waals surface area contributed by atoms with E-state index in [1.807, 2.05) is 18.2 Å². The summed E-state index contributed by atoms with van der Waals surface area (Å²) in [7, 11) is 0.